The second-order valence-electron chi connectivity index (χ2n) is 4.74. The van der Waals surface area contributed by atoms with Crippen molar-refractivity contribution in [2.75, 3.05) is 25.0 Å². The zero-order valence-electron chi connectivity index (χ0n) is 10.8. The van der Waals surface area contributed by atoms with Gasteiger partial charge in [-0.3, -0.25) is 9.69 Å². The predicted octanol–water partition coefficient (Wildman–Crippen LogP) is 2.33. The van der Waals surface area contributed by atoms with Gasteiger partial charge >= 0.3 is 12.0 Å². The Kier molecular flexibility index (Phi) is 3.80. The molecule has 0 aliphatic carbocycles. The molecule has 1 aromatic rings. The molecule has 0 bridgehead atoms. The first-order chi connectivity index (χ1) is 8.90. The first kappa shape index (κ1) is 13.9. The number of halogens is 1. The Morgan fingerprint density at radius 3 is 2.68 bits per heavy atom. The number of hydrogen-bond donors (Lipinski definition) is 1. The number of aryl methyl sites for hydroxylation is 1. The van der Waals surface area contributed by atoms with Crippen molar-refractivity contribution in [2.45, 2.75) is 6.92 Å². The standard InChI is InChI=1S/C13H15BrN2O3/c1-8-5-10(3-4-11(8)14)16-7-9(12(17)18)6-15(2)13(16)19/h3-5,9H,6-7H2,1-2H3,(H,17,18). The van der Waals surface area contributed by atoms with E-state index in [2.05, 4.69) is 15.9 Å². The van der Waals surface area contributed by atoms with Crippen molar-refractivity contribution in [3.05, 3.63) is 28.2 Å². The molecule has 2 amide bonds. The maximum absolute atomic E-state index is 12.1. The third kappa shape index (κ3) is 2.73. The molecule has 102 valence electrons. The molecule has 1 aliphatic rings. The minimum atomic E-state index is -0.877. The average molecular weight is 327 g/mol. The van der Waals surface area contributed by atoms with Crippen LogP contribution in [-0.2, 0) is 4.79 Å². The summed E-state index contributed by atoms with van der Waals surface area (Å²) >= 11 is 3.41. The van der Waals surface area contributed by atoms with Crippen LogP contribution in [0.1, 0.15) is 5.56 Å². The number of urea groups is 1. The van der Waals surface area contributed by atoms with E-state index in [0.29, 0.717) is 0 Å². The molecular formula is C13H15BrN2O3. The highest BCUT2D eigenvalue weighted by Gasteiger charge is 2.34. The second kappa shape index (κ2) is 5.21. The number of nitrogens with zero attached hydrogens (tertiary/aromatic N) is 2. The van der Waals surface area contributed by atoms with Crippen LogP contribution in [0.2, 0.25) is 0 Å². The average Bonchev–Trinajstić information content (AvgIpc) is 2.35. The summed E-state index contributed by atoms with van der Waals surface area (Å²) in [5.74, 6) is -1.44. The summed E-state index contributed by atoms with van der Waals surface area (Å²) in [6.45, 7) is 2.39. The molecule has 1 aliphatic heterocycles. The van der Waals surface area contributed by atoms with Gasteiger partial charge in [-0.1, -0.05) is 15.9 Å². The van der Waals surface area contributed by atoms with Crippen molar-refractivity contribution in [1.82, 2.24) is 4.90 Å². The van der Waals surface area contributed by atoms with Gasteiger partial charge < -0.3 is 10.0 Å². The monoisotopic (exact) mass is 326 g/mol. The maximum Gasteiger partial charge on any atom is 0.324 e. The number of anilines is 1. The number of hydrogen-bond acceptors (Lipinski definition) is 2. The number of amides is 2. The van der Waals surface area contributed by atoms with Crippen LogP contribution in [0.5, 0.6) is 0 Å². The lowest BCUT2D eigenvalue weighted by atomic mass is 10.1. The van der Waals surface area contributed by atoms with E-state index in [1.165, 1.54) is 9.80 Å². The fourth-order valence-electron chi connectivity index (χ4n) is 2.14. The Morgan fingerprint density at radius 1 is 1.42 bits per heavy atom. The van der Waals surface area contributed by atoms with Gasteiger partial charge in [-0.05, 0) is 30.7 Å². The number of carbonyl (C=O) groups is 2. The van der Waals surface area contributed by atoms with E-state index in [0.717, 1.165) is 15.7 Å². The molecule has 19 heavy (non-hydrogen) atoms. The summed E-state index contributed by atoms with van der Waals surface area (Å²) in [6.07, 6.45) is 0. The topological polar surface area (TPSA) is 60.9 Å². The predicted molar refractivity (Wildman–Crippen MR) is 75.4 cm³/mol. The van der Waals surface area contributed by atoms with Gasteiger partial charge in [-0.15, -0.1) is 0 Å². The van der Waals surface area contributed by atoms with Crippen molar-refractivity contribution < 1.29 is 14.7 Å². The summed E-state index contributed by atoms with van der Waals surface area (Å²) in [6, 6.07) is 5.38. The molecule has 6 heteroatoms. The van der Waals surface area contributed by atoms with Crippen LogP contribution in [0.3, 0.4) is 0 Å². The van der Waals surface area contributed by atoms with E-state index in [9.17, 15) is 9.59 Å². The molecular weight excluding hydrogens is 312 g/mol. The first-order valence-corrected chi connectivity index (χ1v) is 6.71. The van der Waals surface area contributed by atoms with Crippen molar-refractivity contribution in [3.63, 3.8) is 0 Å². The lowest BCUT2D eigenvalue weighted by Crippen LogP contribution is -2.54. The van der Waals surface area contributed by atoms with E-state index in [1.807, 2.05) is 25.1 Å². The summed E-state index contributed by atoms with van der Waals surface area (Å²) in [4.78, 5) is 26.2. The zero-order chi connectivity index (χ0) is 14.2. The van der Waals surface area contributed by atoms with E-state index in [-0.39, 0.29) is 19.1 Å². The third-order valence-corrected chi connectivity index (χ3v) is 4.15. The van der Waals surface area contributed by atoms with Crippen LogP contribution in [0.4, 0.5) is 10.5 Å². The van der Waals surface area contributed by atoms with E-state index in [4.69, 9.17) is 5.11 Å². The molecule has 0 aromatic heterocycles. The van der Waals surface area contributed by atoms with Gasteiger partial charge in [0.15, 0.2) is 0 Å². The van der Waals surface area contributed by atoms with Gasteiger partial charge in [0.25, 0.3) is 0 Å². The smallest absolute Gasteiger partial charge is 0.324 e. The van der Waals surface area contributed by atoms with Crippen LogP contribution < -0.4 is 4.90 Å². The van der Waals surface area contributed by atoms with Crippen LogP contribution in [0.15, 0.2) is 22.7 Å². The summed E-state index contributed by atoms with van der Waals surface area (Å²) in [7, 11) is 1.62. The molecule has 0 spiro atoms. The lowest BCUT2D eigenvalue weighted by Gasteiger charge is -2.36. The Morgan fingerprint density at radius 2 is 2.11 bits per heavy atom. The normalized spacial score (nSPS) is 19.7. The fraction of sp³-hybridized carbons (Fsp3) is 0.385. The number of carboxylic acid groups (broad SMARTS) is 1. The largest absolute Gasteiger partial charge is 0.481 e. The molecule has 1 atom stereocenters. The summed E-state index contributed by atoms with van der Waals surface area (Å²) < 4.78 is 0.962. The number of rotatable bonds is 2. The first-order valence-electron chi connectivity index (χ1n) is 5.91. The Labute approximate surface area is 119 Å². The van der Waals surface area contributed by atoms with E-state index < -0.39 is 11.9 Å². The van der Waals surface area contributed by atoms with Crippen LogP contribution in [0, 0.1) is 12.8 Å². The molecule has 0 radical (unpaired) electrons. The maximum atomic E-state index is 12.1. The van der Waals surface area contributed by atoms with Gasteiger partial charge in [0.1, 0.15) is 0 Å². The second-order valence-corrected chi connectivity index (χ2v) is 5.60. The van der Waals surface area contributed by atoms with Crippen molar-refractivity contribution in [1.29, 1.82) is 0 Å². The molecule has 1 N–H and O–H groups in total. The van der Waals surface area contributed by atoms with Gasteiger partial charge in [0.2, 0.25) is 0 Å². The molecule has 1 unspecified atom stereocenters. The molecule has 0 saturated carbocycles. The van der Waals surface area contributed by atoms with Crippen LogP contribution in [0.25, 0.3) is 0 Å². The fourth-order valence-corrected chi connectivity index (χ4v) is 2.39. The number of aliphatic carboxylic acids is 1. The highest BCUT2D eigenvalue weighted by Crippen LogP contribution is 2.26. The van der Waals surface area contributed by atoms with Gasteiger partial charge in [0.05, 0.1) is 5.92 Å². The SMILES string of the molecule is Cc1cc(N2CC(C(=O)O)CN(C)C2=O)ccc1Br. The molecule has 5 nitrogen and oxygen atoms in total. The molecule has 1 saturated heterocycles. The Balaban J connectivity index is 2.32. The molecule has 1 fully saturated rings. The van der Waals surface area contributed by atoms with Crippen LogP contribution in [-0.4, -0.2) is 42.1 Å². The highest BCUT2D eigenvalue weighted by molar-refractivity contribution is 9.10. The molecule has 1 heterocycles. The van der Waals surface area contributed by atoms with E-state index >= 15 is 0 Å². The van der Waals surface area contributed by atoms with Gasteiger partial charge in [-0.25, -0.2) is 4.79 Å². The van der Waals surface area contributed by atoms with Gasteiger partial charge in [-0.2, -0.15) is 0 Å². The number of carbonyl (C=O) groups excluding carboxylic acids is 1. The van der Waals surface area contributed by atoms with Crippen molar-refractivity contribution in [2.24, 2.45) is 5.92 Å². The Bertz CT molecular complexity index is 533. The van der Waals surface area contributed by atoms with Crippen molar-refractivity contribution >= 4 is 33.6 Å². The summed E-state index contributed by atoms with van der Waals surface area (Å²) in [5, 5.41) is 9.13. The minimum absolute atomic E-state index is 0.167. The minimum Gasteiger partial charge on any atom is -0.481 e. The van der Waals surface area contributed by atoms with Crippen LogP contribution >= 0.6 is 15.9 Å². The van der Waals surface area contributed by atoms with Crippen molar-refractivity contribution in [3.8, 4) is 0 Å². The number of carboxylic acids is 1. The molecule has 1 aromatic carbocycles. The summed E-state index contributed by atoms with van der Waals surface area (Å²) in [5.41, 5.74) is 1.73. The number of benzene rings is 1. The molecule has 2 rings (SSSR count). The van der Waals surface area contributed by atoms with E-state index in [1.54, 1.807) is 7.05 Å². The highest BCUT2D eigenvalue weighted by atomic mass is 79.9. The Hall–Kier alpha value is -1.56. The lowest BCUT2D eigenvalue weighted by molar-refractivity contribution is -0.141. The zero-order valence-corrected chi connectivity index (χ0v) is 12.3. The quantitative estimate of drug-likeness (QED) is 0.907. The third-order valence-electron chi connectivity index (χ3n) is 3.26. The van der Waals surface area contributed by atoms with Gasteiger partial charge in [0, 0.05) is 30.3 Å².